The summed E-state index contributed by atoms with van der Waals surface area (Å²) >= 11 is 0. The molecule has 2 rings (SSSR count). The van der Waals surface area contributed by atoms with Gasteiger partial charge in [-0.15, -0.1) is 0 Å². The van der Waals surface area contributed by atoms with Crippen LogP contribution in [0.5, 0.6) is 0 Å². The maximum Gasteiger partial charge on any atom is 0.243 e. The zero-order chi connectivity index (χ0) is 18.1. The van der Waals surface area contributed by atoms with E-state index in [4.69, 9.17) is 0 Å². The fourth-order valence-electron chi connectivity index (χ4n) is 2.37. The number of amides is 1. The number of benzene rings is 1. The SMILES string of the molecule is Cc1c(C#N)c(NC(=O)C(C)S(C)(=O)=O)n(-c2ccccc2)c1C. The van der Waals surface area contributed by atoms with Gasteiger partial charge in [0.1, 0.15) is 17.1 Å². The number of rotatable bonds is 4. The first-order chi connectivity index (χ1) is 11.2. The second-order valence-electron chi connectivity index (χ2n) is 5.68. The highest BCUT2D eigenvalue weighted by Gasteiger charge is 2.27. The molecule has 1 atom stereocenters. The summed E-state index contributed by atoms with van der Waals surface area (Å²) in [5, 5.41) is 10.9. The summed E-state index contributed by atoms with van der Waals surface area (Å²) in [5.74, 6) is -0.372. The molecule has 0 spiro atoms. The second-order valence-corrected chi connectivity index (χ2v) is 8.04. The normalized spacial score (nSPS) is 12.5. The van der Waals surface area contributed by atoms with E-state index in [1.54, 1.807) is 11.5 Å². The summed E-state index contributed by atoms with van der Waals surface area (Å²) in [6, 6.07) is 11.4. The third kappa shape index (κ3) is 3.19. The Kier molecular flexibility index (Phi) is 4.81. The molecule has 1 aromatic carbocycles. The summed E-state index contributed by atoms with van der Waals surface area (Å²) in [6.07, 6.45) is 1.01. The van der Waals surface area contributed by atoms with Gasteiger partial charge in [0.15, 0.2) is 9.84 Å². The van der Waals surface area contributed by atoms with Gasteiger partial charge in [0.05, 0.1) is 5.56 Å². The Morgan fingerprint density at radius 3 is 2.33 bits per heavy atom. The molecular weight excluding hydrogens is 326 g/mol. The lowest BCUT2D eigenvalue weighted by molar-refractivity contribution is -0.115. The first kappa shape index (κ1) is 17.8. The number of para-hydroxylation sites is 1. The maximum absolute atomic E-state index is 12.3. The average Bonchev–Trinajstić information content (AvgIpc) is 2.77. The van der Waals surface area contributed by atoms with Crippen LogP contribution in [0.3, 0.4) is 0 Å². The Morgan fingerprint density at radius 2 is 1.83 bits per heavy atom. The van der Waals surface area contributed by atoms with Gasteiger partial charge in [-0.1, -0.05) is 18.2 Å². The van der Waals surface area contributed by atoms with Crippen LogP contribution in [0.15, 0.2) is 30.3 Å². The minimum absolute atomic E-state index is 0.291. The van der Waals surface area contributed by atoms with Gasteiger partial charge in [-0.2, -0.15) is 5.26 Å². The molecule has 0 aliphatic heterocycles. The number of nitriles is 1. The van der Waals surface area contributed by atoms with Crippen molar-refractivity contribution < 1.29 is 13.2 Å². The van der Waals surface area contributed by atoms with Gasteiger partial charge in [0, 0.05) is 17.6 Å². The van der Waals surface area contributed by atoms with Crippen LogP contribution in [0, 0.1) is 25.2 Å². The molecule has 1 heterocycles. The molecule has 0 radical (unpaired) electrons. The molecule has 126 valence electrons. The molecule has 2 aromatic rings. The van der Waals surface area contributed by atoms with Crippen molar-refractivity contribution in [1.29, 1.82) is 5.26 Å². The number of hydrogen-bond donors (Lipinski definition) is 1. The average molecular weight is 345 g/mol. The molecule has 0 fully saturated rings. The van der Waals surface area contributed by atoms with E-state index in [0.29, 0.717) is 11.4 Å². The van der Waals surface area contributed by atoms with Crippen molar-refractivity contribution in [3.05, 3.63) is 47.2 Å². The van der Waals surface area contributed by atoms with E-state index in [1.165, 1.54) is 6.92 Å². The topological polar surface area (TPSA) is 92.0 Å². The van der Waals surface area contributed by atoms with Gasteiger partial charge in [0.25, 0.3) is 0 Å². The molecule has 1 N–H and O–H groups in total. The lowest BCUT2D eigenvalue weighted by atomic mass is 10.2. The van der Waals surface area contributed by atoms with E-state index < -0.39 is 21.0 Å². The molecule has 1 aromatic heterocycles. The lowest BCUT2D eigenvalue weighted by Crippen LogP contribution is -2.32. The van der Waals surface area contributed by atoms with Crippen molar-refractivity contribution in [2.75, 3.05) is 11.6 Å². The Labute approximate surface area is 141 Å². The molecule has 1 unspecified atom stereocenters. The van der Waals surface area contributed by atoms with E-state index in [-0.39, 0.29) is 0 Å². The van der Waals surface area contributed by atoms with Crippen molar-refractivity contribution in [2.24, 2.45) is 0 Å². The third-order valence-electron chi connectivity index (χ3n) is 4.09. The Hall–Kier alpha value is -2.59. The fourth-order valence-corrected chi connectivity index (χ4v) is 2.82. The van der Waals surface area contributed by atoms with E-state index in [0.717, 1.165) is 23.2 Å². The number of aromatic nitrogens is 1. The maximum atomic E-state index is 12.3. The van der Waals surface area contributed by atoms with Crippen molar-refractivity contribution in [1.82, 2.24) is 4.57 Å². The number of carbonyl (C=O) groups is 1. The van der Waals surface area contributed by atoms with Gasteiger partial charge in [-0.05, 0) is 38.5 Å². The van der Waals surface area contributed by atoms with E-state index in [9.17, 15) is 18.5 Å². The highest BCUT2D eigenvalue weighted by molar-refractivity contribution is 7.92. The molecule has 0 saturated carbocycles. The van der Waals surface area contributed by atoms with Crippen LogP contribution in [-0.4, -0.2) is 30.4 Å². The van der Waals surface area contributed by atoms with Crippen LogP contribution < -0.4 is 5.32 Å². The smallest absolute Gasteiger partial charge is 0.243 e. The number of sulfone groups is 1. The number of nitrogens with zero attached hydrogens (tertiary/aromatic N) is 2. The number of anilines is 1. The summed E-state index contributed by atoms with van der Waals surface area (Å²) in [4.78, 5) is 12.3. The lowest BCUT2D eigenvalue weighted by Gasteiger charge is -2.15. The molecule has 0 aliphatic carbocycles. The third-order valence-corrected chi connectivity index (χ3v) is 5.59. The van der Waals surface area contributed by atoms with Crippen LogP contribution in [0.25, 0.3) is 5.69 Å². The van der Waals surface area contributed by atoms with Crippen LogP contribution in [-0.2, 0) is 14.6 Å². The van der Waals surface area contributed by atoms with Gasteiger partial charge in [0.2, 0.25) is 5.91 Å². The molecule has 0 bridgehead atoms. The number of nitrogens with one attached hydrogen (secondary N) is 1. The van der Waals surface area contributed by atoms with Crippen molar-refractivity contribution >= 4 is 21.6 Å². The minimum Gasteiger partial charge on any atom is -0.310 e. The van der Waals surface area contributed by atoms with Gasteiger partial charge in [-0.25, -0.2) is 8.42 Å². The Morgan fingerprint density at radius 1 is 1.25 bits per heavy atom. The fraction of sp³-hybridized carbons (Fsp3) is 0.294. The minimum atomic E-state index is -3.53. The molecule has 24 heavy (non-hydrogen) atoms. The highest BCUT2D eigenvalue weighted by Crippen LogP contribution is 2.30. The first-order valence-corrected chi connectivity index (χ1v) is 9.31. The van der Waals surface area contributed by atoms with Crippen LogP contribution in [0.4, 0.5) is 5.82 Å². The van der Waals surface area contributed by atoms with E-state index in [1.807, 2.05) is 37.3 Å². The van der Waals surface area contributed by atoms with Crippen molar-refractivity contribution in [3.63, 3.8) is 0 Å². The van der Waals surface area contributed by atoms with Gasteiger partial charge in [-0.3, -0.25) is 9.36 Å². The molecule has 1 amide bonds. The Bertz CT molecular complexity index is 922. The molecular formula is C17H19N3O3S. The summed E-state index contributed by atoms with van der Waals surface area (Å²) in [7, 11) is -3.53. The number of carbonyl (C=O) groups excluding carboxylic acids is 1. The monoisotopic (exact) mass is 345 g/mol. The van der Waals surface area contributed by atoms with Gasteiger partial charge >= 0.3 is 0 Å². The van der Waals surface area contributed by atoms with Crippen molar-refractivity contribution in [3.8, 4) is 11.8 Å². The second kappa shape index (κ2) is 6.49. The molecule has 0 saturated heterocycles. The van der Waals surface area contributed by atoms with Gasteiger partial charge < -0.3 is 5.32 Å². The summed E-state index contributed by atoms with van der Waals surface area (Å²) < 4.78 is 25.0. The quantitative estimate of drug-likeness (QED) is 0.920. The first-order valence-electron chi connectivity index (χ1n) is 7.35. The standard InChI is InChI=1S/C17H19N3O3S/c1-11-12(2)20(14-8-6-5-7-9-14)16(15(11)10-18)19-17(21)13(3)24(4,22)23/h5-9,13H,1-4H3,(H,19,21). The zero-order valence-electron chi connectivity index (χ0n) is 14.0. The van der Waals surface area contributed by atoms with E-state index in [2.05, 4.69) is 11.4 Å². The predicted molar refractivity (Wildman–Crippen MR) is 92.9 cm³/mol. The largest absolute Gasteiger partial charge is 0.310 e. The Balaban J connectivity index is 2.60. The highest BCUT2D eigenvalue weighted by atomic mass is 32.2. The van der Waals surface area contributed by atoms with Crippen LogP contribution in [0.2, 0.25) is 0 Å². The van der Waals surface area contributed by atoms with E-state index >= 15 is 0 Å². The predicted octanol–water partition coefficient (Wildman–Crippen LogP) is 2.34. The molecule has 6 nitrogen and oxygen atoms in total. The summed E-state index contributed by atoms with van der Waals surface area (Å²) in [5.41, 5.74) is 2.65. The zero-order valence-corrected chi connectivity index (χ0v) is 14.8. The molecule has 0 aliphatic rings. The van der Waals surface area contributed by atoms with Crippen LogP contribution in [0.1, 0.15) is 23.7 Å². The number of hydrogen-bond acceptors (Lipinski definition) is 4. The molecule has 7 heteroatoms. The summed E-state index contributed by atoms with van der Waals surface area (Å²) in [6.45, 7) is 4.97. The van der Waals surface area contributed by atoms with Crippen LogP contribution >= 0.6 is 0 Å². The van der Waals surface area contributed by atoms with Crippen molar-refractivity contribution in [2.45, 2.75) is 26.0 Å².